The molecule has 10 N–H and O–H groups in total. The van der Waals surface area contributed by atoms with Crippen molar-refractivity contribution in [2.45, 2.75) is 37.8 Å². The van der Waals surface area contributed by atoms with Crippen LogP contribution in [0.25, 0.3) is 0 Å². The molecule has 1 saturated carbocycles. The van der Waals surface area contributed by atoms with Gasteiger partial charge in [-0.25, -0.2) is 0 Å². The minimum absolute atomic E-state index is 0.143. The van der Waals surface area contributed by atoms with Crippen molar-refractivity contribution in [3.63, 3.8) is 0 Å². The molecule has 0 bridgehead atoms. The van der Waals surface area contributed by atoms with E-state index in [0.717, 1.165) is 9.80 Å². The number of hydrogen-bond acceptors (Lipinski definition) is 7. The Hall–Kier alpha value is 0.480. The van der Waals surface area contributed by atoms with Crippen LogP contribution < -0.4 is 5.73 Å². The van der Waals surface area contributed by atoms with Crippen molar-refractivity contribution in [3.8, 4) is 0 Å². The highest BCUT2D eigenvalue weighted by Crippen LogP contribution is 2.45. The molecule has 19 heteroatoms. The summed E-state index contributed by atoms with van der Waals surface area (Å²) in [5, 5.41) is 0. The van der Waals surface area contributed by atoms with Gasteiger partial charge in [0, 0.05) is 18.6 Å². The first-order valence-electron chi connectivity index (χ1n) is 9.14. The van der Waals surface area contributed by atoms with E-state index in [-0.39, 0.29) is 6.04 Å². The van der Waals surface area contributed by atoms with Crippen LogP contribution in [-0.4, -0.2) is 92.7 Å². The molecule has 15 nitrogen and oxygen atoms in total. The molecule has 1 atom stereocenters. The third kappa shape index (κ3) is 13.7. The summed E-state index contributed by atoms with van der Waals surface area (Å²) in [4.78, 5) is 76.4. The first-order chi connectivity index (χ1) is 13.7. The first-order valence-corrected chi connectivity index (χ1v) is 16.3. The minimum atomic E-state index is -4.82. The first kappa shape index (κ1) is 29.5. The van der Waals surface area contributed by atoms with Gasteiger partial charge in [-0.1, -0.05) is 0 Å². The zero-order chi connectivity index (χ0) is 24.3. The predicted octanol–water partition coefficient (Wildman–Crippen LogP) is -0.983. The number of hydrogen-bond donors (Lipinski definition) is 9. The summed E-state index contributed by atoms with van der Waals surface area (Å²) in [7, 11) is -19.2. The molecular weight excluding hydrogens is 502 g/mol. The second-order valence-corrected chi connectivity index (χ2v) is 14.4. The summed E-state index contributed by atoms with van der Waals surface area (Å²) < 4.78 is 46.2. The average Bonchev–Trinajstić information content (AvgIpc) is 2.47. The standard InChI is InChI=1S/C12H31N3O12P4/c13-11-3-1-10(2-4-11)12(15(8-30(22,23)24)9-31(25,26)27)5-14(6-28(16,17)18)7-29(19,20)21/h10-12H,1-9,13H2,(H2,16,17,18)(H2,19,20,21)(H2,22,23,24)(H2,25,26,27). The summed E-state index contributed by atoms with van der Waals surface area (Å²) in [5.74, 6) is -0.436. The monoisotopic (exact) mass is 533 g/mol. The van der Waals surface area contributed by atoms with Gasteiger partial charge in [0.05, 0.1) is 0 Å². The van der Waals surface area contributed by atoms with E-state index in [2.05, 4.69) is 0 Å². The maximum absolute atomic E-state index is 11.6. The van der Waals surface area contributed by atoms with E-state index in [1.165, 1.54) is 0 Å². The van der Waals surface area contributed by atoms with E-state index >= 15 is 0 Å². The van der Waals surface area contributed by atoms with Crippen molar-refractivity contribution in [2.75, 3.05) is 31.7 Å². The molecule has 1 aliphatic rings. The largest absolute Gasteiger partial charge is 0.339 e. The Balaban J connectivity index is 3.33. The number of nitrogens with two attached hydrogens (primary N) is 1. The molecule has 1 unspecified atom stereocenters. The highest BCUT2D eigenvalue weighted by molar-refractivity contribution is 7.53. The van der Waals surface area contributed by atoms with Gasteiger partial charge in [-0.3, -0.25) is 28.1 Å². The van der Waals surface area contributed by atoms with Gasteiger partial charge in [-0.05, 0) is 31.6 Å². The van der Waals surface area contributed by atoms with Crippen LogP contribution in [0.15, 0.2) is 0 Å². The zero-order valence-electron chi connectivity index (χ0n) is 16.6. The molecule has 186 valence electrons. The highest BCUT2D eigenvalue weighted by atomic mass is 31.2. The molecule has 0 aromatic carbocycles. The zero-order valence-corrected chi connectivity index (χ0v) is 20.1. The van der Waals surface area contributed by atoms with Crippen LogP contribution in [0.5, 0.6) is 0 Å². The number of rotatable bonds is 12. The van der Waals surface area contributed by atoms with Crippen molar-refractivity contribution >= 4 is 30.4 Å². The van der Waals surface area contributed by atoms with Crippen LogP contribution in [0.1, 0.15) is 25.7 Å². The molecule has 0 radical (unpaired) electrons. The Morgan fingerprint density at radius 3 is 1.35 bits per heavy atom. The third-order valence-electron chi connectivity index (χ3n) is 4.78. The van der Waals surface area contributed by atoms with E-state index in [0.29, 0.717) is 25.7 Å². The molecule has 0 aliphatic heterocycles. The van der Waals surface area contributed by atoms with Gasteiger partial charge in [0.2, 0.25) is 0 Å². The van der Waals surface area contributed by atoms with Crippen molar-refractivity contribution in [1.82, 2.24) is 9.80 Å². The number of nitrogens with zero attached hydrogens (tertiary/aromatic N) is 2. The fourth-order valence-corrected chi connectivity index (χ4v) is 7.12. The molecule has 0 aromatic rings. The SMILES string of the molecule is NC1CCC(C(CN(CP(=O)(O)O)CP(=O)(O)O)N(CP(=O)(O)O)CP(=O)(O)O)CC1. The minimum Gasteiger partial charge on any atom is -0.328 e. The summed E-state index contributed by atoms with van der Waals surface area (Å²) in [5.41, 5.74) is 5.87. The Kier molecular flexibility index (Phi) is 10.7. The van der Waals surface area contributed by atoms with Gasteiger partial charge in [0.25, 0.3) is 0 Å². The predicted molar refractivity (Wildman–Crippen MR) is 110 cm³/mol. The molecule has 1 aliphatic carbocycles. The van der Waals surface area contributed by atoms with Crippen LogP contribution in [0.4, 0.5) is 0 Å². The van der Waals surface area contributed by atoms with E-state index < -0.39 is 74.0 Å². The molecular formula is C12H31N3O12P4. The van der Waals surface area contributed by atoms with Crippen LogP contribution in [0.2, 0.25) is 0 Å². The quantitative estimate of drug-likeness (QED) is 0.136. The van der Waals surface area contributed by atoms with Crippen molar-refractivity contribution in [3.05, 3.63) is 0 Å². The van der Waals surface area contributed by atoms with Crippen LogP contribution in [0, 0.1) is 5.92 Å². The average molecular weight is 533 g/mol. The fourth-order valence-electron chi connectivity index (χ4n) is 3.77. The second-order valence-electron chi connectivity index (χ2n) is 7.91. The van der Waals surface area contributed by atoms with Gasteiger partial charge in [0.1, 0.15) is 25.1 Å². The molecule has 0 spiro atoms. The van der Waals surface area contributed by atoms with Gasteiger partial charge in [-0.15, -0.1) is 0 Å². The third-order valence-corrected chi connectivity index (χ3v) is 7.78. The lowest BCUT2D eigenvalue weighted by Crippen LogP contribution is -2.50. The fraction of sp³-hybridized carbons (Fsp3) is 1.00. The summed E-state index contributed by atoms with van der Waals surface area (Å²) in [6.07, 6.45) is -2.43. The van der Waals surface area contributed by atoms with Crippen LogP contribution >= 0.6 is 30.4 Å². The molecule has 0 saturated heterocycles. The highest BCUT2D eigenvalue weighted by Gasteiger charge is 2.39. The van der Waals surface area contributed by atoms with Crippen molar-refractivity contribution in [2.24, 2.45) is 11.7 Å². The van der Waals surface area contributed by atoms with Gasteiger partial charge >= 0.3 is 30.4 Å². The molecule has 0 heterocycles. The summed E-state index contributed by atoms with van der Waals surface area (Å²) >= 11 is 0. The normalized spacial score (nSPS) is 22.8. The summed E-state index contributed by atoms with van der Waals surface area (Å²) in [6.45, 7) is -0.490. The van der Waals surface area contributed by atoms with E-state index in [1.54, 1.807) is 0 Å². The Labute approximate surface area is 179 Å². The van der Waals surface area contributed by atoms with Crippen molar-refractivity contribution in [1.29, 1.82) is 0 Å². The second kappa shape index (κ2) is 11.3. The van der Waals surface area contributed by atoms with Crippen molar-refractivity contribution < 1.29 is 57.4 Å². The van der Waals surface area contributed by atoms with E-state index in [9.17, 15) is 57.4 Å². The van der Waals surface area contributed by atoms with Gasteiger partial charge < -0.3 is 44.9 Å². The Bertz CT molecular complexity index is 719. The Morgan fingerprint density at radius 2 is 1.03 bits per heavy atom. The maximum Gasteiger partial charge on any atom is 0.339 e. The van der Waals surface area contributed by atoms with Gasteiger partial charge in [-0.2, -0.15) is 0 Å². The molecule has 1 fully saturated rings. The smallest absolute Gasteiger partial charge is 0.328 e. The lowest BCUT2D eigenvalue weighted by molar-refractivity contribution is 0.100. The topological polar surface area (TPSA) is 263 Å². The molecule has 1 rings (SSSR count). The van der Waals surface area contributed by atoms with E-state index in [1.807, 2.05) is 0 Å². The molecule has 31 heavy (non-hydrogen) atoms. The maximum atomic E-state index is 11.6. The summed E-state index contributed by atoms with van der Waals surface area (Å²) in [6, 6.07) is -1.21. The Morgan fingerprint density at radius 1 is 0.677 bits per heavy atom. The van der Waals surface area contributed by atoms with Gasteiger partial charge in [0.15, 0.2) is 0 Å². The lowest BCUT2D eigenvalue weighted by Gasteiger charge is -2.42. The van der Waals surface area contributed by atoms with E-state index in [4.69, 9.17) is 5.73 Å². The molecule has 0 aromatic heterocycles. The van der Waals surface area contributed by atoms with Crippen LogP contribution in [-0.2, 0) is 18.3 Å². The van der Waals surface area contributed by atoms with Crippen LogP contribution in [0.3, 0.4) is 0 Å². The lowest BCUT2D eigenvalue weighted by atomic mass is 9.81. The molecule has 0 amide bonds.